The quantitative estimate of drug-likeness (QED) is 0.0276. The molecule has 0 rings (SSSR count). The van der Waals surface area contributed by atoms with E-state index in [0.717, 1.165) is 83.5 Å². The fourth-order valence-electron chi connectivity index (χ4n) is 5.23. The molecule has 9 nitrogen and oxygen atoms in total. The largest absolute Gasteiger partial charge is 0.472 e. The molecule has 0 aromatic carbocycles. The third kappa shape index (κ3) is 37.5. The smallest absolute Gasteiger partial charge is 0.462 e. The Labute approximate surface area is 311 Å². The number of hydrogen-bond acceptors (Lipinski definition) is 8. The second-order valence-corrected chi connectivity index (χ2v) is 14.6. The number of rotatable bonds is 37. The molecule has 0 aromatic heterocycles. The van der Waals surface area contributed by atoms with E-state index in [2.05, 4.69) is 62.5 Å². The van der Waals surface area contributed by atoms with Crippen LogP contribution < -0.4 is 5.73 Å². The molecule has 0 radical (unpaired) electrons. The Morgan fingerprint density at radius 3 is 1.63 bits per heavy atom. The Morgan fingerprint density at radius 1 is 0.608 bits per heavy atom. The van der Waals surface area contributed by atoms with Crippen LogP contribution in [0, 0.1) is 0 Å². The molecule has 296 valence electrons. The minimum atomic E-state index is -4.38. The van der Waals surface area contributed by atoms with E-state index < -0.39 is 32.5 Å². The number of phosphoric acid groups is 1. The van der Waals surface area contributed by atoms with Crippen LogP contribution in [0.2, 0.25) is 0 Å². The van der Waals surface area contributed by atoms with Crippen LogP contribution in [-0.4, -0.2) is 49.3 Å². The molecule has 0 heterocycles. The molecular weight excluding hydrogens is 665 g/mol. The fourth-order valence-corrected chi connectivity index (χ4v) is 6.00. The highest BCUT2D eigenvalue weighted by Crippen LogP contribution is 2.43. The molecule has 0 amide bonds. The average molecular weight is 740 g/mol. The Hall–Kier alpha value is -2.03. The molecule has 0 aliphatic carbocycles. The van der Waals surface area contributed by atoms with Crippen molar-refractivity contribution in [3.63, 3.8) is 0 Å². The molecule has 0 aliphatic rings. The van der Waals surface area contributed by atoms with Crippen molar-refractivity contribution in [2.45, 2.75) is 174 Å². The summed E-state index contributed by atoms with van der Waals surface area (Å²) in [7, 11) is -4.38. The molecule has 0 saturated carbocycles. The molecule has 0 aliphatic heterocycles. The molecule has 0 fully saturated rings. The van der Waals surface area contributed by atoms with Crippen LogP contribution in [0.3, 0.4) is 0 Å². The van der Waals surface area contributed by atoms with E-state index in [-0.39, 0.29) is 32.6 Å². The topological polar surface area (TPSA) is 134 Å². The molecule has 0 spiro atoms. The molecule has 10 heteroatoms. The lowest BCUT2D eigenvalue weighted by molar-refractivity contribution is -0.161. The molecule has 3 N–H and O–H groups in total. The standard InChI is InChI=1S/C41H74NO8P/c1-3-5-7-9-11-13-15-17-18-19-20-22-24-26-28-30-32-34-41(44)50-39(38-49-51(45,46)48-36-35-42)37-47-40(43)33-31-29-27-25-23-21-16-14-12-10-8-6-4-2/h5,7,11,13-14,16-18,39H,3-4,6,8-10,12,15,19-38,42H2,1-2H3,(H,45,46)/b7-5-,13-11-,16-14-,18-17-. The highest BCUT2D eigenvalue weighted by atomic mass is 31.2. The summed E-state index contributed by atoms with van der Waals surface area (Å²) >= 11 is 0. The number of carbonyl (C=O) groups is 2. The van der Waals surface area contributed by atoms with E-state index in [1.807, 2.05) is 0 Å². The van der Waals surface area contributed by atoms with Gasteiger partial charge in [0, 0.05) is 19.4 Å². The maximum Gasteiger partial charge on any atom is 0.472 e. The zero-order valence-electron chi connectivity index (χ0n) is 32.3. The van der Waals surface area contributed by atoms with Crippen LogP contribution >= 0.6 is 7.82 Å². The van der Waals surface area contributed by atoms with E-state index in [0.29, 0.717) is 6.42 Å². The van der Waals surface area contributed by atoms with Gasteiger partial charge in [-0.25, -0.2) is 4.57 Å². The lowest BCUT2D eigenvalue weighted by Crippen LogP contribution is -2.29. The average Bonchev–Trinajstić information content (AvgIpc) is 3.11. The summed E-state index contributed by atoms with van der Waals surface area (Å²) in [6.07, 6.45) is 41.4. The van der Waals surface area contributed by atoms with Gasteiger partial charge in [-0.05, 0) is 70.6 Å². The first kappa shape index (κ1) is 49.0. The predicted octanol–water partition coefficient (Wildman–Crippen LogP) is 11.2. The normalized spacial score (nSPS) is 13.9. The van der Waals surface area contributed by atoms with Crippen molar-refractivity contribution in [3.05, 3.63) is 48.6 Å². The number of phosphoric ester groups is 1. The van der Waals surface area contributed by atoms with Crippen molar-refractivity contribution in [1.82, 2.24) is 0 Å². The van der Waals surface area contributed by atoms with E-state index in [4.69, 9.17) is 24.3 Å². The molecule has 0 saturated heterocycles. The van der Waals surface area contributed by atoms with Gasteiger partial charge in [0.15, 0.2) is 6.10 Å². The van der Waals surface area contributed by atoms with Crippen LogP contribution in [0.5, 0.6) is 0 Å². The highest BCUT2D eigenvalue weighted by Gasteiger charge is 2.25. The number of ether oxygens (including phenoxy) is 2. The second kappa shape index (κ2) is 37.7. The first-order valence-electron chi connectivity index (χ1n) is 20.1. The summed E-state index contributed by atoms with van der Waals surface area (Å²) in [5.41, 5.74) is 5.34. The lowest BCUT2D eigenvalue weighted by Gasteiger charge is -2.19. The fraction of sp³-hybridized carbons (Fsp3) is 0.756. The van der Waals surface area contributed by atoms with Crippen molar-refractivity contribution in [1.29, 1.82) is 0 Å². The van der Waals surface area contributed by atoms with Crippen LogP contribution in [0.4, 0.5) is 0 Å². The van der Waals surface area contributed by atoms with Gasteiger partial charge in [-0.2, -0.15) is 0 Å². The number of carbonyl (C=O) groups excluding carboxylic acids is 2. The summed E-state index contributed by atoms with van der Waals surface area (Å²) in [6, 6.07) is 0. The van der Waals surface area contributed by atoms with Gasteiger partial charge < -0.3 is 20.1 Å². The maximum atomic E-state index is 12.5. The molecular formula is C41H74NO8P. The summed E-state index contributed by atoms with van der Waals surface area (Å²) in [5.74, 6) is -0.853. The van der Waals surface area contributed by atoms with Crippen molar-refractivity contribution in [3.8, 4) is 0 Å². The highest BCUT2D eigenvalue weighted by molar-refractivity contribution is 7.47. The Bertz CT molecular complexity index is 981. The molecule has 2 atom stereocenters. The van der Waals surface area contributed by atoms with Crippen molar-refractivity contribution in [2.24, 2.45) is 5.73 Å². The number of hydrogen-bond donors (Lipinski definition) is 2. The molecule has 0 bridgehead atoms. The summed E-state index contributed by atoms with van der Waals surface area (Å²) < 4.78 is 32.7. The zero-order chi connectivity index (χ0) is 37.5. The second-order valence-electron chi connectivity index (χ2n) is 13.1. The lowest BCUT2D eigenvalue weighted by atomic mass is 10.1. The Kier molecular flexibility index (Phi) is 36.2. The number of esters is 2. The summed E-state index contributed by atoms with van der Waals surface area (Å²) in [5, 5.41) is 0. The first-order valence-corrected chi connectivity index (χ1v) is 21.6. The van der Waals surface area contributed by atoms with Crippen LogP contribution in [0.15, 0.2) is 48.6 Å². The van der Waals surface area contributed by atoms with E-state index in [9.17, 15) is 19.0 Å². The van der Waals surface area contributed by atoms with Crippen molar-refractivity contribution >= 4 is 19.8 Å². The van der Waals surface area contributed by atoms with Gasteiger partial charge in [-0.3, -0.25) is 18.6 Å². The van der Waals surface area contributed by atoms with Gasteiger partial charge in [0.05, 0.1) is 13.2 Å². The van der Waals surface area contributed by atoms with Crippen molar-refractivity contribution in [2.75, 3.05) is 26.4 Å². The van der Waals surface area contributed by atoms with E-state index in [1.54, 1.807) is 0 Å². The minimum absolute atomic E-state index is 0.0489. The van der Waals surface area contributed by atoms with Gasteiger partial charge in [-0.15, -0.1) is 0 Å². The molecule has 51 heavy (non-hydrogen) atoms. The zero-order valence-corrected chi connectivity index (χ0v) is 33.2. The number of allylic oxidation sites excluding steroid dienone is 8. The SMILES string of the molecule is CC/C=C\C/C=C\C/C=C\CCCCCCCCCC(=O)OC(COC(=O)CCCCCCC/C=C\CCCCCC)COP(=O)(O)OCCN. The van der Waals surface area contributed by atoms with Crippen molar-refractivity contribution < 1.29 is 37.6 Å². The Balaban J connectivity index is 4.22. The van der Waals surface area contributed by atoms with Gasteiger partial charge in [0.25, 0.3) is 0 Å². The van der Waals surface area contributed by atoms with Crippen LogP contribution in [-0.2, 0) is 32.7 Å². The van der Waals surface area contributed by atoms with Gasteiger partial charge in [0.2, 0.25) is 0 Å². The van der Waals surface area contributed by atoms with E-state index in [1.165, 1.54) is 51.4 Å². The Morgan fingerprint density at radius 2 is 1.08 bits per heavy atom. The third-order valence-corrected chi connectivity index (χ3v) is 9.18. The number of nitrogens with two attached hydrogens (primary N) is 1. The third-order valence-electron chi connectivity index (χ3n) is 8.20. The summed E-state index contributed by atoms with van der Waals surface area (Å²) in [6.45, 7) is 3.57. The van der Waals surface area contributed by atoms with Crippen LogP contribution in [0.1, 0.15) is 168 Å². The predicted molar refractivity (Wildman–Crippen MR) is 210 cm³/mol. The molecule has 0 aromatic rings. The monoisotopic (exact) mass is 740 g/mol. The minimum Gasteiger partial charge on any atom is -0.462 e. The van der Waals surface area contributed by atoms with Gasteiger partial charge >= 0.3 is 19.8 Å². The molecule has 2 unspecified atom stereocenters. The number of unbranched alkanes of at least 4 members (excludes halogenated alkanes) is 16. The first-order chi connectivity index (χ1) is 24.8. The van der Waals surface area contributed by atoms with Gasteiger partial charge in [0.1, 0.15) is 6.61 Å². The maximum absolute atomic E-state index is 12.5. The van der Waals surface area contributed by atoms with Gasteiger partial charge in [-0.1, -0.05) is 133 Å². The van der Waals surface area contributed by atoms with E-state index >= 15 is 0 Å². The van der Waals surface area contributed by atoms with Crippen LogP contribution in [0.25, 0.3) is 0 Å². The summed E-state index contributed by atoms with van der Waals surface area (Å²) in [4.78, 5) is 34.8.